The van der Waals surface area contributed by atoms with Crippen LogP contribution in [0.15, 0.2) is 23.4 Å². The van der Waals surface area contributed by atoms with Crippen molar-refractivity contribution >= 4 is 33.8 Å². The summed E-state index contributed by atoms with van der Waals surface area (Å²) in [6.45, 7) is 2.95. The van der Waals surface area contributed by atoms with Crippen LogP contribution < -0.4 is 0 Å². The quantitative estimate of drug-likeness (QED) is 0.753. The van der Waals surface area contributed by atoms with Gasteiger partial charge in [0.25, 0.3) is 0 Å². The minimum absolute atomic E-state index is 0.333. The molecule has 0 bridgehead atoms. The Balaban J connectivity index is 1.64. The molecule has 108 valence electrons. The molecule has 0 radical (unpaired) electrons. The molecular weight excluding hydrogens is 284 g/mol. The Morgan fingerprint density at radius 3 is 3.19 bits per heavy atom. The number of benzene rings is 1. The summed E-state index contributed by atoms with van der Waals surface area (Å²) in [5.41, 5.74) is 3.91. The van der Waals surface area contributed by atoms with E-state index in [-0.39, 0.29) is 0 Å². The highest BCUT2D eigenvalue weighted by molar-refractivity contribution is 7.99. The summed E-state index contributed by atoms with van der Waals surface area (Å²) >= 11 is 1.62. The predicted molar refractivity (Wildman–Crippen MR) is 83.6 cm³/mol. The van der Waals surface area contributed by atoms with Gasteiger partial charge in [0.15, 0.2) is 5.65 Å². The maximum absolute atomic E-state index is 5.62. The van der Waals surface area contributed by atoms with Crippen molar-refractivity contribution < 1.29 is 4.74 Å². The fraction of sp³-hybridized carbons (Fsp3) is 0.400. The highest BCUT2D eigenvalue weighted by Crippen LogP contribution is 2.25. The Kier molecular flexibility index (Phi) is 3.27. The van der Waals surface area contributed by atoms with Gasteiger partial charge in [0.1, 0.15) is 5.52 Å². The van der Waals surface area contributed by atoms with Crippen LogP contribution in [0, 0.1) is 6.92 Å². The topological polar surface area (TPSA) is 63.7 Å². The minimum Gasteiger partial charge on any atom is -0.377 e. The number of thioether (sulfide) groups is 1. The number of hydrogen-bond acceptors (Lipinski definition) is 5. The number of nitrogens with one attached hydrogen (secondary N) is 1. The summed E-state index contributed by atoms with van der Waals surface area (Å²) < 4.78 is 5.62. The molecule has 1 saturated heterocycles. The van der Waals surface area contributed by atoms with Crippen LogP contribution in [0.1, 0.15) is 18.4 Å². The van der Waals surface area contributed by atoms with Crippen LogP contribution in [0.3, 0.4) is 0 Å². The smallest absolute Gasteiger partial charge is 0.211 e. The molecule has 6 heteroatoms. The van der Waals surface area contributed by atoms with Crippen molar-refractivity contribution in [1.82, 2.24) is 20.2 Å². The van der Waals surface area contributed by atoms with Crippen molar-refractivity contribution in [1.29, 1.82) is 0 Å². The summed E-state index contributed by atoms with van der Waals surface area (Å²) in [7, 11) is 0. The zero-order valence-electron chi connectivity index (χ0n) is 11.8. The van der Waals surface area contributed by atoms with E-state index in [1.165, 1.54) is 5.56 Å². The molecule has 3 heterocycles. The molecule has 0 spiro atoms. The number of fused-ring (bicyclic) bond motifs is 3. The molecule has 0 amide bonds. The third kappa shape index (κ3) is 2.49. The maximum atomic E-state index is 5.62. The van der Waals surface area contributed by atoms with Crippen molar-refractivity contribution in [2.45, 2.75) is 31.0 Å². The number of nitrogens with zero attached hydrogens (tertiary/aromatic N) is 3. The number of ether oxygens (including phenoxy) is 1. The Bertz CT molecular complexity index is 795. The summed E-state index contributed by atoms with van der Waals surface area (Å²) in [5, 5.41) is 10.4. The van der Waals surface area contributed by atoms with Crippen LogP contribution in [0.25, 0.3) is 22.1 Å². The van der Waals surface area contributed by atoms with Crippen molar-refractivity contribution in [2.24, 2.45) is 0 Å². The molecule has 4 rings (SSSR count). The predicted octanol–water partition coefficient (Wildman–Crippen LogP) is 3.09. The van der Waals surface area contributed by atoms with E-state index in [9.17, 15) is 0 Å². The number of aromatic amines is 1. The van der Waals surface area contributed by atoms with Crippen LogP contribution in [-0.2, 0) is 4.74 Å². The lowest BCUT2D eigenvalue weighted by atomic mass is 10.2. The van der Waals surface area contributed by atoms with Crippen LogP contribution in [0.2, 0.25) is 0 Å². The normalized spacial score (nSPS) is 18.8. The summed E-state index contributed by atoms with van der Waals surface area (Å²) in [5.74, 6) is 0.895. The van der Waals surface area contributed by atoms with Gasteiger partial charge in [-0.2, -0.15) is 0 Å². The number of aryl methyl sites for hydroxylation is 1. The monoisotopic (exact) mass is 300 g/mol. The van der Waals surface area contributed by atoms with E-state index in [1.807, 2.05) is 0 Å². The summed E-state index contributed by atoms with van der Waals surface area (Å²) in [6.07, 6.45) is 2.62. The third-order valence-corrected chi connectivity index (χ3v) is 4.74. The molecule has 21 heavy (non-hydrogen) atoms. The second kappa shape index (κ2) is 5.27. The van der Waals surface area contributed by atoms with Crippen LogP contribution >= 0.6 is 11.8 Å². The van der Waals surface area contributed by atoms with Gasteiger partial charge in [-0.25, -0.2) is 4.98 Å². The first kappa shape index (κ1) is 13.0. The Morgan fingerprint density at radius 1 is 1.38 bits per heavy atom. The number of rotatable bonds is 3. The van der Waals surface area contributed by atoms with Crippen molar-refractivity contribution in [3.63, 3.8) is 0 Å². The largest absolute Gasteiger partial charge is 0.377 e. The summed E-state index contributed by atoms with van der Waals surface area (Å²) in [6, 6.07) is 6.26. The molecule has 1 fully saturated rings. The molecule has 1 N–H and O–H groups in total. The van der Waals surface area contributed by atoms with Crippen molar-refractivity contribution in [3.8, 4) is 0 Å². The second-order valence-electron chi connectivity index (χ2n) is 5.41. The van der Waals surface area contributed by atoms with Crippen LogP contribution in [0.5, 0.6) is 0 Å². The van der Waals surface area contributed by atoms with Crippen LogP contribution in [-0.4, -0.2) is 38.6 Å². The number of aromatic nitrogens is 4. The molecule has 1 aliphatic heterocycles. The average molecular weight is 300 g/mol. The standard InChI is InChI=1S/C15H16N4OS/c1-9-4-5-12-11(7-9)13-14(16-12)17-15(19-18-13)21-8-10-3-2-6-20-10/h4-5,7,10H,2-3,6,8H2,1H3,(H,16,17,19)/t10-/m0/s1. The van der Waals surface area contributed by atoms with Gasteiger partial charge in [-0.3, -0.25) is 0 Å². The van der Waals surface area contributed by atoms with E-state index >= 15 is 0 Å². The van der Waals surface area contributed by atoms with Gasteiger partial charge in [-0.15, -0.1) is 10.2 Å². The molecule has 0 aliphatic carbocycles. The fourth-order valence-electron chi connectivity index (χ4n) is 2.67. The molecule has 1 aromatic carbocycles. The summed E-state index contributed by atoms with van der Waals surface area (Å²) in [4.78, 5) is 7.90. The highest BCUT2D eigenvalue weighted by Gasteiger charge is 2.17. The van der Waals surface area contributed by atoms with Crippen molar-refractivity contribution in [3.05, 3.63) is 23.8 Å². The lowest BCUT2D eigenvalue weighted by Gasteiger charge is -2.06. The third-order valence-electron chi connectivity index (χ3n) is 3.77. The fourth-order valence-corrected chi connectivity index (χ4v) is 3.53. The molecule has 2 aromatic heterocycles. The molecule has 0 unspecified atom stereocenters. The van der Waals surface area contributed by atoms with Gasteiger partial charge in [-0.1, -0.05) is 23.4 Å². The van der Waals surface area contributed by atoms with E-state index in [0.29, 0.717) is 11.3 Å². The molecule has 5 nitrogen and oxygen atoms in total. The molecule has 3 aromatic rings. The average Bonchev–Trinajstić information content (AvgIpc) is 3.11. The van der Waals surface area contributed by atoms with Crippen LogP contribution in [0.4, 0.5) is 0 Å². The first-order valence-corrected chi connectivity index (χ1v) is 8.15. The van der Waals surface area contributed by atoms with E-state index in [1.54, 1.807) is 11.8 Å². The first-order valence-electron chi connectivity index (χ1n) is 7.17. The van der Waals surface area contributed by atoms with E-state index < -0.39 is 0 Å². The van der Waals surface area contributed by atoms with Gasteiger partial charge >= 0.3 is 0 Å². The highest BCUT2D eigenvalue weighted by atomic mass is 32.2. The maximum Gasteiger partial charge on any atom is 0.211 e. The second-order valence-corrected chi connectivity index (χ2v) is 6.40. The van der Waals surface area contributed by atoms with Crippen molar-refractivity contribution in [2.75, 3.05) is 12.4 Å². The molecule has 1 atom stereocenters. The van der Waals surface area contributed by atoms with E-state index in [0.717, 1.165) is 47.3 Å². The Labute approximate surface area is 126 Å². The number of hydrogen-bond donors (Lipinski definition) is 1. The minimum atomic E-state index is 0.333. The number of H-pyrrole nitrogens is 1. The lowest BCUT2D eigenvalue weighted by molar-refractivity contribution is 0.129. The Morgan fingerprint density at radius 2 is 2.33 bits per heavy atom. The van der Waals surface area contributed by atoms with Gasteiger partial charge < -0.3 is 9.72 Å². The lowest BCUT2D eigenvalue weighted by Crippen LogP contribution is -2.08. The SMILES string of the molecule is Cc1ccc2[nH]c3nc(SC[C@@H]4CCCO4)nnc3c2c1. The molecule has 0 saturated carbocycles. The van der Waals surface area contributed by atoms with Gasteiger partial charge in [-0.05, 0) is 31.9 Å². The van der Waals surface area contributed by atoms with Gasteiger partial charge in [0.2, 0.25) is 5.16 Å². The molecular formula is C15H16N4OS. The van der Waals surface area contributed by atoms with E-state index in [2.05, 4.69) is 45.3 Å². The van der Waals surface area contributed by atoms with Gasteiger partial charge in [0.05, 0.1) is 6.10 Å². The first-order chi connectivity index (χ1) is 10.3. The van der Waals surface area contributed by atoms with Gasteiger partial charge in [0, 0.05) is 23.3 Å². The Hall–Kier alpha value is -1.66. The zero-order valence-corrected chi connectivity index (χ0v) is 12.6. The molecule has 1 aliphatic rings. The van der Waals surface area contributed by atoms with E-state index in [4.69, 9.17) is 4.74 Å². The zero-order chi connectivity index (χ0) is 14.2.